The number of carbonyl (C=O) groups is 4. The van der Waals surface area contributed by atoms with Crippen LogP contribution in [0.2, 0.25) is 10.8 Å². The van der Waals surface area contributed by atoms with E-state index in [4.69, 9.17) is 46.8 Å². The molecule has 5 saturated carbocycles. The summed E-state index contributed by atoms with van der Waals surface area (Å²) in [4.78, 5) is 92.6. The molecule has 0 bridgehead atoms. The van der Waals surface area contributed by atoms with E-state index in [9.17, 15) is 32.7 Å². The Labute approximate surface area is 823 Å². The molecule has 0 atom stereocenters. The van der Waals surface area contributed by atoms with Crippen molar-refractivity contribution in [2.75, 3.05) is 162 Å². The first-order valence-electron chi connectivity index (χ1n) is 47.9. The maximum Gasteiger partial charge on any atom is 0.490 e. The summed E-state index contributed by atoms with van der Waals surface area (Å²) in [5, 5.41) is 64.5. The van der Waals surface area contributed by atoms with Crippen molar-refractivity contribution in [3.8, 4) is 0 Å². The van der Waals surface area contributed by atoms with Crippen LogP contribution in [0.1, 0.15) is 232 Å². The highest BCUT2D eigenvalue weighted by atomic mass is 35.5. The van der Waals surface area contributed by atoms with Gasteiger partial charge < -0.3 is 103 Å². The number of nitrogens with two attached hydrogens (primary N) is 1. The number of carboxylic acid groups (broad SMARTS) is 1. The third kappa shape index (κ3) is 37.2. The molecule has 3 saturated heterocycles. The number of nitrogens with one attached hydrogen (secondary N) is 10. The summed E-state index contributed by atoms with van der Waals surface area (Å²) in [5.74, 6) is 5.58. The number of aromatic nitrogens is 10. The normalized spacial score (nSPS) is 14.9. The molecule has 0 radical (unpaired) electrons. The molecule has 0 unspecified atom stereocenters. The number of rotatable bonds is 31. The lowest BCUT2D eigenvalue weighted by Gasteiger charge is -2.15. The van der Waals surface area contributed by atoms with Crippen LogP contribution >= 0.6 is 11.6 Å². The van der Waals surface area contributed by atoms with Gasteiger partial charge in [0.25, 0.3) is 0 Å². The van der Waals surface area contributed by atoms with Gasteiger partial charge in [-0.25, -0.2) is 39.3 Å². The zero-order chi connectivity index (χ0) is 101. The monoisotopic (exact) mass is 1950 g/mol. The molecule has 752 valence electrons. The van der Waals surface area contributed by atoms with Crippen molar-refractivity contribution in [1.29, 1.82) is 0 Å². The first kappa shape index (κ1) is 109. The van der Waals surface area contributed by atoms with E-state index >= 15 is 0 Å². The van der Waals surface area contributed by atoms with Crippen molar-refractivity contribution in [2.45, 2.75) is 199 Å². The molecule has 5 aromatic heterocycles. The van der Waals surface area contributed by atoms with E-state index < -0.39 is 25.2 Å². The number of halogens is 4. The van der Waals surface area contributed by atoms with Crippen LogP contribution in [0.25, 0.3) is 0 Å². The highest BCUT2D eigenvalue weighted by Crippen LogP contribution is 2.46. The molecule has 0 spiro atoms. The number of hydrogen-bond donors (Lipinski definition) is 15. The van der Waals surface area contributed by atoms with Gasteiger partial charge in [0.1, 0.15) is 35.4 Å². The van der Waals surface area contributed by atoms with Crippen LogP contribution in [-0.4, -0.2) is 226 Å². The number of unbranched alkanes of at least 4 members (excludes halogenated alkanes) is 1. The van der Waals surface area contributed by atoms with E-state index in [0.717, 1.165) is 161 Å². The van der Waals surface area contributed by atoms with Crippen molar-refractivity contribution >= 4 is 130 Å². The number of nitrogens with zero attached hydrogens (tertiary/aromatic N) is 12. The van der Waals surface area contributed by atoms with E-state index in [1.807, 2.05) is 142 Å². The molecule has 140 heavy (non-hydrogen) atoms. The molecule has 10 aromatic rings. The predicted molar refractivity (Wildman–Crippen MR) is 547 cm³/mol. The van der Waals surface area contributed by atoms with Crippen LogP contribution in [0, 0.1) is 34.6 Å². The van der Waals surface area contributed by atoms with Crippen LogP contribution in [0.4, 0.5) is 100 Å². The largest absolute Gasteiger partial charge is 0.490 e. The number of aliphatic carboxylic acids is 1. The smallest absolute Gasteiger partial charge is 0.475 e. The van der Waals surface area contributed by atoms with Crippen LogP contribution in [0.3, 0.4) is 0 Å². The van der Waals surface area contributed by atoms with Crippen molar-refractivity contribution in [2.24, 2.45) is 5.73 Å². The molecule has 39 heteroatoms. The highest BCUT2D eigenvalue weighted by Gasteiger charge is 2.39. The minimum absolute atomic E-state index is 0.0673. The predicted octanol–water partition coefficient (Wildman–Crippen LogP) is 18.4. The fourth-order valence-electron chi connectivity index (χ4n) is 15.5. The minimum Gasteiger partial charge on any atom is -0.475 e. The fraction of sp³-hybridized carbons (Fsp3) is 0.465. The lowest BCUT2D eigenvalue weighted by atomic mass is 9.84. The van der Waals surface area contributed by atoms with Gasteiger partial charge in [-0.3, -0.25) is 4.79 Å². The number of benzene rings is 5. The zero-order valence-corrected chi connectivity index (χ0v) is 83.0. The van der Waals surface area contributed by atoms with Crippen LogP contribution in [-0.2, 0) is 32.0 Å². The molecule has 5 aliphatic carbocycles. The molecule has 8 heterocycles. The molecule has 8 aliphatic rings. The zero-order valence-electron chi connectivity index (χ0n) is 82.2. The van der Waals surface area contributed by atoms with E-state index in [-0.39, 0.29) is 24.0 Å². The van der Waals surface area contributed by atoms with Gasteiger partial charge in [-0.05, 0) is 306 Å². The molecule has 5 aromatic carbocycles. The minimum atomic E-state index is -5.08. The fourth-order valence-corrected chi connectivity index (χ4v) is 15.7. The van der Waals surface area contributed by atoms with E-state index in [2.05, 4.69) is 142 Å². The molecule has 8 fully saturated rings. The maximum atomic E-state index is 12.0. The molecule has 0 amide bonds. The van der Waals surface area contributed by atoms with Crippen molar-refractivity contribution in [3.63, 3.8) is 0 Å². The quantitative estimate of drug-likeness (QED) is 0.00830. The Morgan fingerprint density at radius 1 is 0.457 bits per heavy atom. The summed E-state index contributed by atoms with van der Waals surface area (Å²) in [6.45, 7) is 20.0. The summed E-state index contributed by atoms with van der Waals surface area (Å²) in [6.07, 6.45) is 19.4. The number of aliphatic hydroxyl groups excluding tert-OH is 1. The topological polar surface area (TPSA) is 459 Å². The van der Waals surface area contributed by atoms with Crippen molar-refractivity contribution in [1.82, 2.24) is 59.6 Å². The number of esters is 2. The Morgan fingerprint density at radius 2 is 0.786 bits per heavy atom. The van der Waals surface area contributed by atoms with Crippen molar-refractivity contribution < 1.29 is 66.8 Å². The summed E-state index contributed by atoms with van der Waals surface area (Å²) in [7, 11) is 10.8. The number of aliphatic hydroxyl groups is 1. The molecule has 18 rings (SSSR count). The molecular weight excluding hydrogens is 1810 g/mol. The van der Waals surface area contributed by atoms with E-state index in [1.54, 1.807) is 30.8 Å². The second kappa shape index (κ2) is 55.4. The van der Waals surface area contributed by atoms with Gasteiger partial charge in [0.2, 0.25) is 29.7 Å². The molecule has 16 N–H and O–H groups in total. The Balaban J connectivity index is 0.000000169. The number of anilines is 15. The third-order valence-corrected chi connectivity index (χ3v) is 23.9. The Hall–Kier alpha value is -12.6. The van der Waals surface area contributed by atoms with Gasteiger partial charge in [-0.1, -0.05) is 48.7 Å². The van der Waals surface area contributed by atoms with Gasteiger partial charge in [0.15, 0.2) is 0 Å². The summed E-state index contributed by atoms with van der Waals surface area (Å²) >= 11 is 5.98. The standard InChI is InChI=1S/C23H33N5.C17H20N4O2.C16H20N4O.C16H18N4O.C14H15ClN4O2.C6H14N2.C4H8O.C3H7BO2.C2HF3O2/c1-17-15-22(24-2)27-23(25-17)26-20-10-11-21(18-8-9-18)19(16-20)7-3-4-12-28-13-5-6-14-28;1-10-8-15(18-2)21-17(19-10)20-12-6-7-13(11-4-5-11)14(9-12)16(22)23-3;2*1-10-7-15(17-2)20-16(18-10)19-13-5-6-14(11-3-4-11)12(8-13)9-21;1-8-6-12(16-2)19-14(17-8)18-9-4-5-11(15)10(7-9)13(20)21-3;7-3-6-8-4-1-2-5-8;1-2-4-5-3-1;5-4(6)3-1-2-3;3-2(4,5)1(6)7/h10-11,15-16,18H,3-9,12-14H2,1-2H3,(H2,24,25,26,27);6-9,11H,4-5H2,1-3H3,(H2,18,19,20,21);5-8,11,21H,3-4,9H2,1-2H3,(H2,17,18,19,20);5-9,11H,3-4H2,1-2H3,(H2,17,18,19,20);4-7H,1-3H3,(H2,16,17,18,19);1-7H2;1-4H2;3,5-6H,1-2H2;(H,6,7). The number of hydrogen-bond acceptors (Lipinski definition) is 33. The molecule has 3 aliphatic heterocycles. The SMILES string of the molecule is C1CCOC1.CNc1cc(C)nc(Nc2ccc(C3CC3)c(C(=O)OC)c2)n1.CNc1cc(C)nc(Nc2ccc(C3CC3)c(C=O)c2)n1.CNc1cc(C)nc(Nc2ccc(C3CC3)c(CCCCN3CCCC3)c2)n1.CNc1cc(C)nc(Nc2ccc(C3CC3)c(CO)c2)n1.CNc1cc(C)nc(Nc2ccc(Cl)c(C(=O)OC)c2)n1.NCCN1CCCC1.O=C(O)C(F)(F)F.OB(O)C1CC1. The first-order chi connectivity index (χ1) is 67.4. The number of ether oxygens (including phenoxy) is 3. The number of carboxylic acids is 1. The number of aldehydes is 1. The molecule has 34 nitrogen and oxygen atoms in total. The van der Waals surface area contributed by atoms with Crippen LogP contribution in [0.5, 0.6) is 0 Å². The van der Waals surface area contributed by atoms with Crippen LogP contribution in [0.15, 0.2) is 121 Å². The van der Waals surface area contributed by atoms with Gasteiger partial charge in [0.05, 0.1) is 37.0 Å². The van der Waals surface area contributed by atoms with E-state index in [1.165, 1.54) is 154 Å². The summed E-state index contributed by atoms with van der Waals surface area (Å²) in [6, 6.07) is 38.9. The van der Waals surface area contributed by atoms with Gasteiger partial charge >= 0.3 is 31.2 Å². The Bertz CT molecular complexity index is 5660. The number of likely N-dealkylation sites (tertiary alicyclic amines) is 2. The van der Waals surface area contributed by atoms with Gasteiger partial charge in [-0.2, -0.15) is 38.1 Å². The molecular formula is C101H136BClF3N23O11. The van der Waals surface area contributed by atoms with Gasteiger partial charge in [0, 0.05) is 154 Å². The second-order valence-corrected chi connectivity index (χ2v) is 35.6. The lowest BCUT2D eigenvalue weighted by Crippen LogP contribution is -2.26. The van der Waals surface area contributed by atoms with Crippen molar-refractivity contribution in [3.05, 3.63) is 205 Å². The Morgan fingerprint density at radius 3 is 1.11 bits per heavy atom. The average Bonchev–Trinajstić information content (AvgIpc) is 1.62. The summed E-state index contributed by atoms with van der Waals surface area (Å²) < 4.78 is 46.3. The van der Waals surface area contributed by atoms with E-state index in [0.29, 0.717) is 69.6 Å². The van der Waals surface area contributed by atoms with Crippen LogP contribution < -0.4 is 58.9 Å². The third-order valence-electron chi connectivity index (χ3n) is 23.5. The second-order valence-electron chi connectivity index (χ2n) is 35.2. The number of aryl methyl sites for hydroxylation is 6. The first-order valence-corrected chi connectivity index (χ1v) is 48.3. The number of alkyl halides is 3. The lowest BCUT2D eigenvalue weighted by molar-refractivity contribution is -0.192. The number of methoxy groups -OCH3 is 2. The summed E-state index contributed by atoms with van der Waals surface area (Å²) in [5.41, 5.74) is 23.2. The maximum absolute atomic E-state index is 12.0. The number of carbonyl (C=O) groups excluding carboxylic acids is 3. The Kier molecular flexibility index (Phi) is 43.3. The average molecular weight is 1950 g/mol. The van der Waals surface area contributed by atoms with Gasteiger partial charge in [-0.15, -0.1) is 0 Å². The highest BCUT2D eigenvalue weighted by molar-refractivity contribution is 6.44.